The molecule has 0 bridgehead atoms. The topological polar surface area (TPSA) is 138 Å². The van der Waals surface area contributed by atoms with E-state index < -0.39 is 24.4 Å². The lowest BCUT2D eigenvalue weighted by Crippen LogP contribution is -2.35. The highest BCUT2D eigenvalue weighted by Gasteiger charge is 2.38. The van der Waals surface area contributed by atoms with Gasteiger partial charge >= 0.3 is 6.18 Å². The van der Waals surface area contributed by atoms with Crippen molar-refractivity contribution >= 4 is 29.1 Å². The third kappa shape index (κ3) is 8.34. The van der Waals surface area contributed by atoms with Gasteiger partial charge in [-0.05, 0) is 61.1 Å². The Balaban J connectivity index is 1.12. The Bertz CT molecular complexity index is 2120. The number of rotatable bonds is 14. The van der Waals surface area contributed by atoms with Crippen molar-refractivity contribution in [1.82, 2.24) is 25.5 Å². The number of nitrogens with zero attached hydrogens (tertiary/aromatic N) is 3. The molecule has 2 aromatic heterocycles. The van der Waals surface area contributed by atoms with Crippen LogP contribution in [0.4, 0.5) is 19.0 Å². The average Bonchev–Trinajstić information content (AvgIpc) is 3.95. The predicted molar refractivity (Wildman–Crippen MR) is 205 cm³/mol. The normalized spacial score (nSPS) is 19.6. The number of pyridine rings is 2. The Morgan fingerprint density at radius 1 is 0.982 bits per heavy atom. The molecule has 1 amide bonds. The van der Waals surface area contributed by atoms with Crippen LogP contribution in [0.1, 0.15) is 59.5 Å². The van der Waals surface area contributed by atoms with Crippen LogP contribution in [0, 0.1) is 5.92 Å². The molecule has 7 rings (SSSR count). The number of halogens is 4. The molecule has 2 saturated heterocycles. The third-order valence-corrected chi connectivity index (χ3v) is 11.3. The number of Topliss-reactive ketones (excluding diaryl/α,β-unsaturated/α-hetero) is 1. The first-order valence-electron chi connectivity index (χ1n) is 18.7. The number of alkyl halides is 3. The molecule has 4 heterocycles. The first-order valence-corrected chi connectivity index (χ1v) is 19.1. The summed E-state index contributed by atoms with van der Waals surface area (Å²) < 4.78 is 55.0. The number of carbonyl (C=O) groups excluding carboxylic acids is 2. The average molecular weight is 793 g/mol. The van der Waals surface area contributed by atoms with E-state index in [9.17, 15) is 27.9 Å². The number of carbonyl (C=O) groups is 2. The standard InChI is InChI=1S/C41H44ClF3N6O5/c1-55-39-23(18-46-19-26-10-14-36(54)47-26)9-12-34(49-39)31-8-4-7-30(37(31)42)27-5-3-6-29-28(27)11-13-33(29)48-38-32(41(43,44)45)17-25(40(50-38)56-2)21-51-16-15-24(20-51)35(53)22-52/h3-9,12,17,24,26,33,46,52H,10-11,13-16,18-22H2,1-2H3,(H,47,54)(H,48,50)/t24-,26+,33+/m1/s1. The number of ketones is 1. The highest BCUT2D eigenvalue weighted by molar-refractivity contribution is 6.36. The Morgan fingerprint density at radius 2 is 1.73 bits per heavy atom. The van der Waals surface area contributed by atoms with E-state index in [2.05, 4.69) is 20.9 Å². The molecular formula is C41H44ClF3N6O5. The smallest absolute Gasteiger partial charge is 0.419 e. The van der Waals surface area contributed by atoms with Crippen LogP contribution in [-0.4, -0.2) is 78.2 Å². The Labute approximate surface area is 328 Å². The van der Waals surface area contributed by atoms with Crippen molar-refractivity contribution in [3.05, 3.63) is 87.4 Å². The molecule has 0 unspecified atom stereocenters. The first kappa shape index (κ1) is 39.5. The van der Waals surface area contributed by atoms with E-state index >= 15 is 0 Å². The van der Waals surface area contributed by atoms with Crippen LogP contribution in [0.15, 0.2) is 54.6 Å². The van der Waals surface area contributed by atoms with Crippen molar-refractivity contribution in [2.75, 3.05) is 45.8 Å². The minimum Gasteiger partial charge on any atom is -0.481 e. The van der Waals surface area contributed by atoms with Crippen LogP contribution in [0.25, 0.3) is 22.4 Å². The largest absolute Gasteiger partial charge is 0.481 e. The van der Waals surface area contributed by atoms with Crippen molar-refractivity contribution in [2.45, 2.75) is 63.5 Å². The van der Waals surface area contributed by atoms with Gasteiger partial charge in [-0.1, -0.05) is 54.1 Å². The molecule has 56 heavy (non-hydrogen) atoms. The third-order valence-electron chi connectivity index (χ3n) is 10.9. The van der Waals surface area contributed by atoms with Gasteiger partial charge in [0.2, 0.25) is 17.7 Å². The Morgan fingerprint density at radius 3 is 2.46 bits per heavy atom. The van der Waals surface area contributed by atoms with Crippen molar-refractivity contribution in [1.29, 1.82) is 0 Å². The number of nitrogens with one attached hydrogen (secondary N) is 3. The fourth-order valence-electron chi connectivity index (χ4n) is 8.06. The molecule has 0 saturated carbocycles. The number of likely N-dealkylation sites (tertiary alicyclic amines) is 1. The van der Waals surface area contributed by atoms with Crippen LogP contribution in [0.3, 0.4) is 0 Å². The summed E-state index contributed by atoms with van der Waals surface area (Å²) in [7, 11) is 2.94. The molecule has 296 valence electrons. The van der Waals surface area contributed by atoms with Crippen molar-refractivity contribution < 1.29 is 37.3 Å². The summed E-state index contributed by atoms with van der Waals surface area (Å²) in [5.74, 6) is -0.352. The fourth-order valence-corrected chi connectivity index (χ4v) is 8.39. The van der Waals surface area contributed by atoms with Gasteiger partial charge in [-0.15, -0.1) is 0 Å². The van der Waals surface area contributed by atoms with Crippen molar-refractivity contribution in [3.8, 4) is 34.1 Å². The Kier molecular flexibility index (Phi) is 11.8. The molecule has 15 heteroatoms. The number of hydrogen-bond donors (Lipinski definition) is 4. The number of ether oxygens (including phenoxy) is 2. The summed E-state index contributed by atoms with van der Waals surface area (Å²) in [6.45, 7) is 1.56. The van der Waals surface area contributed by atoms with E-state index in [4.69, 9.17) is 26.1 Å². The molecule has 2 aromatic carbocycles. The van der Waals surface area contributed by atoms with Gasteiger partial charge in [0.05, 0.1) is 36.5 Å². The van der Waals surface area contributed by atoms with Crippen molar-refractivity contribution in [3.63, 3.8) is 0 Å². The van der Waals surface area contributed by atoms with Crippen LogP contribution in [0.5, 0.6) is 11.8 Å². The number of aliphatic hydroxyl groups excluding tert-OH is 1. The number of anilines is 1. The fraction of sp³-hybridized carbons (Fsp3) is 0.415. The van der Waals surface area contributed by atoms with Gasteiger partial charge in [0.1, 0.15) is 12.4 Å². The van der Waals surface area contributed by atoms with E-state index in [0.29, 0.717) is 74.0 Å². The van der Waals surface area contributed by atoms with Gasteiger partial charge in [-0.25, -0.2) is 4.98 Å². The lowest BCUT2D eigenvalue weighted by molar-refractivity contribution is -0.137. The summed E-state index contributed by atoms with van der Waals surface area (Å²) in [6.07, 6.45) is -1.70. The van der Waals surface area contributed by atoms with Gasteiger partial charge in [-0.3, -0.25) is 14.5 Å². The maximum absolute atomic E-state index is 14.6. The molecule has 3 aliphatic rings. The first-order chi connectivity index (χ1) is 27.0. The Hall–Kier alpha value is -4.76. The van der Waals surface area contributed by atoms with Crippen LogP contribution >= 0.6 is 11.6 Å². The molecule has 4 aromatic rings. The van der Waals surface area contributed by atoms with E-state index in [0.717, 1.165) is 40.3 Å². The summed E-state index contributed by atoms with van der Waals surface area (Å²) in [5, 5.41) is 19.2. The number of benzene rings is 2. The maximum atomic E-state index is 14.6. The lowest BCUT2D eigenvalue weighted by atomic mass is 9.94. The van der Waals surface area contributed by atoms with Crippen LogP contribution in [-0.2, 0) is 35.3 Å². The second-order valence-electron chi connectivity index (χ2n) is 14.5. The number of aliphatic hydroxyl groups is 1. The van der Waals surface area contributed by atoms with E-state index in [1.165, 1.54) is 7.11 Å². The minimum absolute atomic E-state index is 0.0701. The zero-order chi connectivity index (χ0) is 39.6. The summed E-state index contributed by atoms with van der Waals surface area (Å²) >= 11 is 7.14. The van der Waals surface area contributed by atoms with E-state index in [1.54, 1.807) is 7.11 Å². The van der Waals surface area contributed by atoms with Crippen LogP contribution in [0.2, 0.25) is 5.02 Å². The molecule has 11 nitrogen and oxygen atoms in total. The number of methoxy groups -OCH3 is 2. The van der Waals surface area contributed by atoms with Gasteiger partial charge in [0.15, 0.2) is 5.78 Å². The monoisotopic (exact) mass is 792 g/mol. The van der Waals surface area contributed by atoms with Gasteiger partial charge in [0.25, 0.3) is 0 Å². The second-order valence-corrected chi connectivity index (χ2v) is 14.8. The molecule has 0 radical (unpaired) electrons. The van der Waals surface area contributed by atoms with E-state index in [-0.39, 0.29) is 47.5 Å². The van der Waals surface area contributed by atoms with Gasteiger partial charge in [-0.2, -0.15) is 18.2 Å². The molecule has 2 fully saturated rings. The lowest BCUT2D eigenvalue weighted by Gasteiger charge is -2.23. The summed E-state index contributed by atoms with van der Waals surface area (Å²) in [5.41, 5.74) is 5.04. The molecule has 0 spiro atoms. The quantitative estimate of drug-likeness (QED) is 0.114. The zero-order valence-electron chi connectivity index (χ0n) is 31.1. The minimum atomic E-state index is -4.70. The van der Waals surface area contributed by atoms with E-state index in [1.807, 2.05) is 53.4 Å². The molecule has 1 aliphatic carbocycles. The highest BCUT2D eigenvalue weighted by Crippen LogP contribution is 2.45. The number of amides is 1. The van der Waals surface area contributed by atoms with Crippen molar-refractivity contribution in [2.24, 2.45) is 5.92 Å². The van der Waals surface area contributed by atoms with Crippen LogP contribution < -0.4 is 25.4 Å². The molecule has 2 aliphatic heterocycles. The summed E-state index contributed by atoms with van der Waals surface area (Å²) in [6, 6.07) is 16.0. The highest BCUT2D eigenvalue weighted by atomic mass is 35.5. The number of hydrogen-bond acceptors (Lipinski definition) is 10. The number of aromatic nitrogens is 2. The SMILES string of the molecule is COc1nc(-c2cccc(-c3cccc4c3CC[C@@H]4Nc3nc(OC)c(CN4CC[C@@H](C(=O)CO)C4)cc3C(F)(F)F)c2Cl)ccc1CNC[C@@H]1CCC(=O)N1. The molecule has 3 atom stereocenters. The zero-order valence-corrected chi connectivity index (χ0v) is 31.9. The van der Waals surface area contributed by atoms with Gasteiger partial charge < -0.3 is 30.5 Å². The molecular weight excluding hydrogens is 749 g/mol. The predicted octanol–water partition coefficient (Wildman–Crippen LogP) is 6.35. The second kappa shape index (κ2) is 16.8. The summed E-state index contributed by atoms with van der Waals surface area (Å²) in [4.78, 5) is 34.6. The molecule has 4 N–H and O–H groups in total. The maximum Gasteiger partial charge on any atom is 0.419 e. The number of fused-ring (bicyclic) bond motifs is 1. The van der Waals surface area contributed by atoms with Gasteiger partial charge in [0, 0.05) is 66.8 Å².